The Balaban J connectivity index is 1.20. The fourth-order valence-electron chi connectivity index (χ4n) is 8.11. The third kappa shape index (κ3) is 6.59. The minimum absolute atomic E-state index is 0.0961. The van der Waals surface area contributed by atoms with Crippen molar-refractivity contribution in [3.63, 3.8) is 0 Å². The normalized spacial score (nSPS) is 23.0. The number of piperazine rings is 1. The lowest BCUT2D eigenvalue weighted by Crippen LogP contribution is -2.57. The fourth-order valence-corrected chi connectivity index (χ4v) is 8.11. The second-order valence-corrected chi connectivity index (χ2v) is 14.8. The summed E-state index contributed by atoms with van der Waals surface area (Å²) in [5.41, 5.74) is 4.17. The van der Waals surface area contributed by atoms with Crippen LogP contribution in [-0.2, 0) is 24.1 Å². The van der Waals surface area contributed by atoms with Crippen LogP contribution >= 0.6 is 0 Å². The SMILES string of the molecule is CN1CCC[C@H]1COc1nc2c(c(N3C[C@H]4CC[C@@H](C3)N4C(=O)OC(C)(C)C)n1)CCN(c1cccc3cccc(CCCO)c13)C2. The first kappa shape index (κ1) is 31.9. The molecule has 0 spiro atoms. The highest BCUT2D eigenvalue weighted by Crippen LogP contribution is 2.39. The number of ether oxygens (including phenoxy) is 2. The van der Waals surface area contributed by atoms with Crippen molar-refractivity contribution in [2.75, 3.05) is 56.2 Å². The highest BCUT2D eigenvalue weighted by molar-refractivity contribution is 5.97. The van der Waals surface area contributed by atoms with E-state index in [1.54, 1.807) is 0 Å². The van der Waals surface area contributed by atoms with E-state index < -0.39 is 5.60 Å². The minimum Gasteiger partial charge on any atom is -0.462 e. The largest absolute Gasteiger partial charge is 0.462 e. The number of amides is 1. The number of likely N-dealkylation sites (tertiary alicyclic amines) is 1. The van der Waals surface area contributed by atoms with Gasteiger partial charge in [0.05, 0.1) is 24.3 Å². The number of benzene rings is 2. The summed E-state index contributed by atoms with van der Waals surface area (Å²) in [6.07, 6.45) is 6.45. The van der Waals surface area contributed by atoms with Gasteiger partial charge in [-0.05, 0) is 96.3 Å². The molecule has 47 heavy (non-hydrogen) atoms. The molecule has 252 valence electrons. The molecule has 0 radical (unpaired) electrons. The Morgan fingerprint density at radius 1 is 1.00 bits per heavy atom. The molecule has 0 unspecified atom stereocenters. The number of fused-ring (bicyclic) bond motifs is 4. The van der Waals surface area contributed by atoms with Crippen LogP contribution in [0.15, 0.2) is 36.4 Å². The van der Waals surface area contributed by atoms with E-state index in [0.717, 1.165) is 76.2 Å². The third-order valence-corrected chi connectivity index (χ3v) is 10.4. The molecule has 2 bridgehead atoms. The molecule has 1 aromatic heterocycles. The molecule has 0 aliphatic carbocycles. The number of hydrogen-bond donors (Lipinski definition) is 1. The van der Waals surface area contributed by atoms with Crippen molar-refractivity contribution in [1.29, 1.82) is 0 Å². The molecule has 3 atom stereocenters. The first-order valence-corrected chi connectivity index (χ1v) is 17.5. The zero-order valence-electron chi connectivity index (χ0n) is 28.5. The second-order valence-electron chi connectivity index (χ2n) is 14.8. The average Bonchev–Trinajstić information content (AvgIpc) is 3.59. The maximum absolute atomic E-state index is 13.2. The Kier molecular flexibility index (Phi) is 8.91. The smallest absolute Gasteiger partial charge is 0.410 e. The number of likely N-dealkylation sites (N-methyl/N-ethyl adjacent to an activating group) is 1. The fraction of sp³-hybridized carbons (Fsp3) is 0.595. The summed E-state index contributed by atoms with van der Waals surface area (Å²) in [6, 6.07) is 14.0. The monoisotopic (exact) mass is 642 g/mol. The second kappa shape index (κ2) is 13.1. The van der Waals surface area contributed by atoms with Crippen molar-refractivity contribution < 1.29 is 19.4 Å². The maximum atomic E-state index is 13.2. The van der Waals surface area contributed by atoms with Gasteiger partial charge in [0.1, 0.15) is 18.0 Å². The summed E-state index contributed by atoms with van der Waals surface area (Å²) in [7, 11) is 2.16. The average molecular weight is 643 g/mol. The van der Waals surface area contributed by atoms with Gasteiger partial charge in [-0.1, -0.05) is 30.3 Å². The Labute approximate surface area is 278 Å². The Morgan fingerprint density at radius 3 is 2.47 bits per heavy atom. The molecule has 10 nitrogen and oxygen atoms in total. The zero-order valence-corrected chi connectivity index (χ0v) is 28.5. The number of aliphatic hydroxyl groups excluding tert-OH is 1. The van der Waals surface area contributed by atoms with E-state index >= 15 is 0 Å². The lowest BCUT2D eigenvalue weighted by molar-refractivity contribution is 0.0122. The Hall–Kier alpha value is -3.63. The zero-order chi connectivity index (χ0) is 32.7. The first-order chi connectivity index (χ1) is 22.7. The number of rotatable bonds is 8. The predicted molar refractivity (Wildman–Crippen MR) is 184 cm³/mol. The molecule has 3 aromatic rings. The molecule has 4 aliphatic rings. The van der Waals surface area contributed by atoms with Crippen molar-refractivity contribution in [3.8, 4) is 6.01 Å². The number of hydrogen-bond acceptors (Lipinski definition) is 9. The molecule has 2 aromatic carbocycles. The number of carbonyl (C=O) groups is 1. The van der Waals surface area contributed by atoms with Crippen molar-refractivity contribution >= 4 is 28.4 Å². The van der Waals surface area contributed by atoms with Crippen LogP contribution in [0.2, 0.25) is 0 Å². The number of aliphatic hydroxyl groups is 1. The first-order valence-electron chi connectivity index (χ1n) is 17.5. The molecule has 7 rings (SSSR count). The van der Waals surface area contributed by atoms with Crippen molar-refractivity contribution in [1.82, 2.24) is 19.8 Å². The summed E-state index contributed by atoms with van der Waals surface area (Å²) in [4.78, 5) is 32.6. The molecule has 5 heterocycles. The van der Waals surface area contributed by atoms with Gasteiger partial charge in [0.25, 0.3) is 0 Å². The van der Waals surface area contributed by atoms with E-state index in [1.165, 1.54) is 34.0 Å². The van der Waals surface area contributed by atoms with Gasteiger partial charge in [0.2, 0.25) is 0 Å². The van der Waals surface area contributed by atoms with E-state index in [4.69, 9.17) is 19.4 Å². The van der Waals surface area contributed by atoms with Gasteiger partial charge in [-0.25, -0.2) is 4.79 Å². The molecule has 4 aliphatic heterocycles. The molecule has 3 saturated heterocycles. The minimum atomic E-state index is -0.519. The molecular formula is C37H50N6O4. The highest BCUT2D eigenvalue weighted by atomic mass is 16.6. The van der Waals surface area contributed by atoms with Crippen LogP contribution in [0.4, 0.5) is 16.3 Å². The summed E-state index contributed by atoms with van der Waals surface area (Å²) in [5, 5.41) is 12.0. The van der Waals surface area contributed by atoms with E-state index in [1.807, 2.05) is 25.7 Å². The van der Waals surface area contributed by atoms with Crippen LogP contribution < -0.4 is 14.5 Å². The van der Waals surface area contributed by atoms with Gasteiger partial charge >= 0.3 is 12.1 Å². The van der Waals surface area contributed by atoms with Crippen molar-refractivity contribution in [2.24, 2.45) is 0 Å². The van der Waals surface area contributed by atoms with Crippen LogP contribution in [0.5, 0.6) is 6.01 Å². The number of nitrogens with zero attached hydrogens (tertiary/aromatic N) is 6. The Bertz CT molecular complexity index is 1590. The third-order valence-electron chi connectivity index (χ3n) is 10.4. The molecule has 3 fully saturated rings. The van der Waals surface area contributed by atoms with E-state index in [9.17, 15) is 9.90 Å². The van der Waals surface area contributed by atoms with Crippen LogP contribution in [0.1, 0.15) is 69.7 Å². The summed E-state index contributed by atoms with van der Waals surface area (Å²) in [6.45, 7) is 10.6. The molecular weight excluding hydrogens is 592 g/mol. The quantitative estimate of drug-likeness (QED) is 0.357. The molecule has 10 heteroatoms. The maximum Gasteiger partial charge on any atom is 0.410 e. The lowest BCUT2D eigenvalue weighted by atomic mass is 9.97. The van der Waals surface area contributed by atoms with Gasteiger partial charge in [-0.2, -0.15) is 9.97 Å². The van der Waals surface area contributed by atoms with Crippen molar-refractivity contribution in [2.45, 2.75) is 96.0 Å². The topological polar surface area (TPSA) is 94.5 Å². The van der Waals surface area contributed by atoms with Gasteiger partial charge in [0.15, 0.2) is 0 Å². The van der Waals surface area contributed by atoms with E-state index in [2.05, 4.69) is 58.1 Å². The van der Waals surface area contributed by atoms with E-state index in [0.29, 0.717) is 25.2 Å². The molecule has 1 amide bonds. The predicted octanol–water partition coefficient (Wildman–Crippen LogP) is 5.18. The van der Waals surface area contributed by atoms with Crippen LogP contribution in [0.25, 0.3) is 10.8 Å². The number of carbonyl (C=O) groups excluding carboxylic acids is 1. The van der Waals surface area contributed by atoms with E-state index in [-0.39, 0.29) is 24.8 Å². The molecule has 1 N–H and O–H groups in total. The van der Waals surface area contributed by atoms with Gasteiger partial charge in [-0.3, -0.25) is 4.90 Å². The summed E-state index contributed by atoms with van der Waals surface area (Å²) >= 11 is 0. The van der Waals surface area contributed by atoms with Crippen LogP contribution in [0, 0.1) is 0 Å². The lowest BCUT2D eigenvalue weighted by Gasteiger charge is -2.43. The van der Waals surface area contributed by atoms with Crippen LogP contribution in [-0.4, -0.2) is 101 Å². The van der Waals surface area contributed by atoms with Crippen molar-refractivity contribution in [3.05, 3.63) is 53.2 Å². The van der Waals surface area contributed by atoms with Crippen LogP contribution in [0.3, 0.4) is 0 Å². The Morgan fingerprint density at radius 2 is 1.77 bits per heavy atom. The standard InChI is InChI=1S/C37H50N6O4/c1-37(2,3)47-36(45)43-27-15-16-28(43)22-42(21-27)34-30-17-19-41(23-31(30)38-35(39-34)46-24-29-13-7-18-40(29)4)32-14-6-11-25-9-5-10-26(33(25)32)12-8-20-44/h5-6,9-11,14,27-29,44H,7-8,12-13,15-24H2,1-4H3/t27-,28+,29-/m0/s1. The molecule has 0 saturated carbocycles. The summed E-state index contributed by atoms with van der Waals surface area (Å²) < 4.78 is 12.2. The van der Waals surface area contributed by atoms with Gasteiger partial charge in [0, 0.05) is 48.9 Å². The highest BCUT2D eigenvalue weighted by Gasteiger charge is 2.45. The number of aromatic nitrogens is 2. The summed E-state index contributed by atoms with van der Waals surface area (Å²) in [5.74, 6) is 0.965. The number of anilines is 2. The number of aryl methyl sites for hydroxylation is 1. The van der Waals surface area contributed by atoms with Gasteiger partial charge in [-0.15, -0.1) is 0 Å². The van der Waals surface area contributed by atoms with Gasteiger partial charge < -0.3 is 29.3 Å².